The van der Waals surface area contributed by atoms with Gasteiger partial charge in [-0.25, -0.2) is 8.42 Å². The van der Waals surface area contributed by atoms with Gasteiger partial charge in [0.05, 0.1) is 19.1 Å². The predicted molar refractivity (Wildman–Crippen MR) is 108 cm³/mol. The maximum Gasteiger partial charge on any atom is 0.241 e. The zero-order chi connectivity index (χ0) is 20.0. The Bertz CT molecular complexity index is 863. The van der Waals surface area contributed by atoms with Crippen molar-refractivity contribution in [3.63, 3.8) is 0 Å². The van der Waals surface area contributed by atoms with Crippen molar-refractivity contribution in [1.82, 2.24) is 5.32 Å². The van der Waals surface area contributed by atoms with E-state index in [9.17, 15) is 13.2 Å². The fraction of sp³-hybridized carbons (Fsp3) is 0.316. The van der Waals surface area contributed by atoms with Crippen molar-refractivity contribution in [2.75, 3.05) is 43.2 Å². The van der Waals surface area contributed by atoms with Crippen molar-refractivity contribution in [1.29, 1.82) is 0 Å². The number of carbonyl (C=O) groups excluding carboxylic acids is 1. The lowest BCUT2D eigenvalue weighted by Crippen LogP contribution is -2.40. The number of carbonyl (C=O) groups is 1. The van der Waals surface area contributed by atoms with E-state index in [2.05, 4.69) is 5.32 Å². The molecule has 1 N–H and O–H groups in total. The van der Waals surface area contributed by atoms with Gasteiger partial charge in [-0.3, -0.25) is 9.10 Å². The number of sulfonamides is 1. The van der Waals surface area contributed by atoms with Crippen LogP contribution in [-0.2, 0) is 21.4 Å². The summed E-state index contributed by atoms with van der Waals surface area (Å²) in [5.74, 6) is 0.349. The number of nitrogens with one attached hydrogen (secondary N) is 1. The zero-order valence-electron chi connectivity index (χ0n) is 16.0. The summed E-state index contributed by atoms with van der Waals surface area (Å²) in [6.45, 7) is 0.0241. The van der Waals surface area contributed by atoms with Crippen LogP contribution in [0.1, 0.15) is 5.56 Å². The van der Waals surface area contributed by atoms with Crippen LogP contribution in [-0.4, -0.2) is 48.3 Å². The minimum Gasteiger partial charge on any atom is -0.497 e. The SMILES string of the molecule is COc1ccc(CNC(=O)CN(c2ccc(N(C)C)cc2)S(C)(=O)=O)cc1. The number of benzene rings is 2. The number of amides is 1. The second kappa shape index (κ2) is 8.77. The van der Waals surface area contributed by atoms with E-state index in [1.165, 1.54) is 0 Å². The summed E-state index contributed by atoms with van der Waals surface area (Å²) < 4.78 is 30.5. The summed E-state index contributed by atoms with van der Waals surface area (Å²) in [4.78, 5) is 14.2. The second-order valence-electron chi connectivity index (χ2n) is 6.31. The van der Waals surface area contributed by atoms with Crippen LogP contribution in [0.15, 0.2) is 48.5 Å². The van der Waals surface area contributed by atoms with Crippen molar-refractivity contribution in [3.05, 3.63) is 54.1 Å². The van der Waals surface area contributed by atoms with Gasteiger partial charge in [-0.05, 0) is 42.0 Å². The van der Waals surface area contributed by atoms with Crippen LogP contribution in [0, 0.1) is 0 Å². The minimum absolute atomic E-state index is 0.281. The number of methoxy groups -OCH3 is 1. The molecule has 2 aromatic carbocycles. The minimum atomic E-state index is -3.60. The molecule has 8 heteroatoms. The molecule has 0 saturated carbocycles. The number of hydrogen-bond donors (Lipinski definition) is 1. The van der Waals surface area contributed by atoms with Crippen LogP contribution >= 0.6 is 0 Å². The molecular weight excluding hydrogens is 366 g/mol. The summed E-state index contributed by atoms with van der Waals surface area (Å²) >= 11 is 0. The highest BCUT2D eigenvalue weighted by atomic mass is 32.2. The maximum atomic E-state index is 12.3. The molecule has 0 spiro atoms. The fourth-order valence-electron chi connectivity index (χ4n) is 2.45. The van der Waals surface area contributed by atoms with Crippen LogP contribution in [0.25, 0.3) is 0 Å². The van der Waals surface area contributed by atoms with Gasteiger partial charge in [-0.1, -0.05) is 12.1 Å². The number of hydrogen-bond acceptors (Lipinski definition) is 5. The molecule has 0 aromatic heterocycles. The number of anilines is 2. The largest absolute Gasteiger partial charge is 0.497 e. The van der Waals surface area contributed by atoms with Crippen LogP contribution in [0.5, 0.6) is 5.75 Å². The topological polar surface area (TPSA) is 79.0 Å². The van der Waals surface area contributed by atoms with Gasteiger partial charge >= 0.3 is 0 Å². The number of rotatable bonds is 8. The van der Waals surface area contributed by atoms with Gasteiger partial charge in [-0.15, -0.1) is 0 Å². The Balaban J connectivity index is 2.05. The molecule has 146 valence electrons. The molecule has 0 aliphatic heterocycles. The Morgan fingerprint density at radius 3 is 2.04 bits per heavy atom. The van der Waals surface area contributed by atoms with Crippen LogP contribution in [0.3, 0.4) is 0 Å². The standard InChI is InChI=1S/C19H25N3O4S/c1-21(2)16-7-9-17(10-8-16)22(27(4,24)25)14-19(23)20-13-15-5-11-18(26-3)12-6-15/h5-12H,13-14H2,1-4H3,(H,20,23). The first-order valence-corrected chi connectivity index (χ1v) is 10.2. The van der Waals surface area contributed by atoms with E-state index in [0.717, 1.165) is 27.6 Å². The first-order valence-electron chi connectivity index (χ1n) is 8.35. The van der Waals surface area contributed by atoms with Crippen LogP contribution in [0.2, 0.25) is 0 Å². The van der Waals surface area contributed by atoms with Gasteiger partial charge < -0.3 is 15.0 Å². The fourth-order valence-corrected chi connectivity index (χ4v) is 3.30. The average molecular weight is 391 g/mol. The maximum absolute atomic E-state index is 12.3. The highest BCUT2D eigenvalue weighted by Crippen LogP contribution is 2.21. The van der Waals surface area contributed by atoms with E-state index in [1.807, 2.05) is 43.3 Å². The Kier molecular flexibility index (Phi) is 6.68. The molecule has 0 radical (unpaired) electrons. The van der Waals surface area contributed by atoms with Gasteiger partial charge in [0.1, 0.15) is 12.3 Å². The van der Waals surface area contributed by atoms with E-state index in [4.69, 9.17) is 4.74 Å². The number of ether oxygens (including phenoxy) is 1. The molecule has 0 bridgehead atoms. The summed E-state index contributed by atoms with van der Waals surface area (Å²) in [7, 11) is 1.79. The molecule has 0 aliphatic rings. The zero-order valence-corrected chi connectivity index (χ0v) is 16.8. The summed E-state index contributed by atoms with van der Waals surface area (Å²) in [5.41, 5.74) is 2.28. The van der Waals surface area contributed by atoms with Crippen molar-refractivity contribution in [2.45, 2.75) is 6.54 Å². The first-order chi connectivity index (χ1) is 12.7. The normalized spacial score (nSPS) is 11.0. The number of nitrogens with zero attached hydrogens (tertiary/aromatic N) is 2. The lowest BCUT2D eigenvalue weighted by molar-refractivity contribution is -0.119. The molecule has 0 fully saturated rings. The van der Waals surface area contributed by atoms with Crippen molar-refractivity contribution in [3.8, 4) is 5.75 Å². The van der Waals surface area contributed by atoms with Crippen molar-refractivity contribution in [2.24, 2.45) is 0 Å². The van der Waals surface area contributed by atoms with Crippen LogP contribution < -0.4 is 19.3 Å². The Morgan fingerprint density at radius 2 is 1.56 bits per heavy atom. The highest BCUT2D eigenvalue weighted by molar-refractivity contribution is 7.92. The third-order valence-electron chi connectivity index (χ3n) is 3.99. The van der Waals surface area contributed by atoms with Gasteiger partial charge in [-0.2, -0.15) is 0 Å². The molecule has 0 heterocycles. The molecule has 2 rings (SSSR count). The Hall–Kier alpha value is -2.74. The molecule has 0 unspecified atom stereocenters. The average Bonchev–Trinajstić information content (AvgIpc) is 2.64. The molecule has 0 saturated heterocycles. The van der Waals surface area contributed by atoms with E-state index < -0.39 is 10.0 Å². The van der Waals surface area contributed by atoms with E-state index >= 15 is 0 Å². The second-order valence-corrected chi connectivity index (χ2v) is 8.21. The highest BCUT2D eigenvalue weighted by Gasteiger charge is 2.20. The quantitative estimate of drug-likeness (QED) is 0.743. The van der Waals surface area contributed by atoms with Gasteiger partial charge in [0, 0.05) is 26.3 Å². The first kappa shape index (κ1) is 20.6. The summed E-state index contributed by atoms with van der Waals surface area (Å²) in [5, 5.41) is 2.74. The molecular formula is C19H25N3O4S. The molecule has 7 nitrogen and oxygen atoms in total. The Morgan fingerprint density at radius 1 is 1.00 bits per heavy atom. The van der Waals surface area contributed by atoms with E-state index in [0.29, 0.717) is 12.2 Å². The third-order valence-corrected chi connectivity index (χ3v) is 5.13. The summed E-state index contributed by atoms with van der Waals surface area (Å²) in [6.07, 6.45) is 1.09. The summed E-state index contributed by atoms with van der Waals surface area (Å²) in [6, 6.07) is 14.3. The lowest BCUT2D eigenvalue weighted by atomic mass is 10.2. The van der Waals surface area contributed by atoms with Gasteiger partial charge in [0.2, 0.25) is 15.9 Å². The molecule has 0 aliphatic carbocycles. The van der Waals surface area contributed by atoms with Crippen LogP contribution in [0.4, 0.5) is 11.4 Å². The molecule has 2 aromatic rings. The smallest absolute Gasteiger partial charge is 0.241 e. The predicted octanol–water partition coefficient (Wildman–Crippen LogP) is 1.84. The molecule has 0 atom stereocenters. The van der Waals surface area contributed by atoms with E-state index in [1.54, 1.807) is 31.4 Å². The van der Waals surface area contributed by atoms with Gasteiger partial charge in [0.15, 0.2) is 0 Å². The third kappa shape index (κ3) is 5.89. The van der Waals surface area contributed by atoms with E-state index in [-0.39, 0.29) is 12.5 Å². The Labute approximate surface area is 160 Å². The van der Waals surface area contributed by atoms with Crippen molar-refractivity contribution >= 4 is 27.3 Å². The monoisotopic (exact) mass is 391 g/mol. The molecule has 1 amide bonds. The van der Waals surface area contributed by atoms with Crippen molar-refractivity contribution < 1.29 is 17.9 Å². The lowest BCUT2D eigenvalue weighted by Gasteiger charge is -2.23. The molecule has 27 heavy (non-hydrogen) atoms. The van der Waals surface area contributed by atoms with Gasteiger partial charge in [0.25, 0.3) is 0 Å².